The van der Waals surface area contributed by atoms with Crippen molar-refractivity contribution in [2.24, 2.45) is 0 Å². The molecule has 0 heterocycles. The number of aliphatic carboxylic acids is 1. The largest absolute Gasteiger partial charge is 0.478 e. The summed E-state index contributed by atoms with van der Waals surface area (Å²) in [4.78, 5) is 21.2. The summed E-state index contributed by atoms with van der Waals surface area (Å²) in [5.74, 6) is -1.78. The van der Waals surface area contributed by atoms with Gasteiger partial charge >= 0.3 is 11.9 Å². The molecule has 1 atom stereocenters. The second kappa shape index (κ2) is 7.68. The molecule has 0 saturated carbocycles. The lowest BCUT2D eigenvalue weighted by Crippen LogP contribution is -2.12. The van der Waals surface area contributed by atoms with Crippen molar-refractivity contribution >= 4 is 11.9 Å². The van der Waals surface area contributed by atoms with Crippen LogP contribution in [0.4, 0.5) is 0 Å². The van der Waals surface area contributed by atoms with Crippen LogP contribution in [-0.4, -0.2) is 23.1 Å². The van der Waals surface area contributed by atoms with Crippen LogP contribution in [0.2, 0.25) is 0 Å². The van der Waals surface area contributed by atoms with Gasteiger partial charge in [0.15, 0.2) is 0 Å². The Morgan fingerprint density at radius 2 is 1.94 bits per heavy atom. The minimum atomic E-state index is -1.16. The quantitative estimate of drug-likeness (QED) is 0.429. The van der Waals surface area contributed by atoms with Gasteiger partial charge in [-0.1, -0.05) is 11.6 Å². The maximum absolute atomic E-state index is 11.1. The number of hydrogen-bond acceptors (Lipinski definition) is 3. The van der Waals surface area contributed by atoms with E-state index in [0.29, 0.717) is 0 Å². The second-order valence-electron chi connectivity index (χ2n) is 3.78. The summed E-state index contributed by atoms with van der Waals surface area (Å²) in [6.07, 6.45) is 5.13. The zero-order valence-corrected chi connectivity index (χ0v) is 9.90. The molecule has 0 aromatic heterocycles. The van der Waals surface area contributed by atoms with Crippen molar-refractivity contribution in [2.45, 2.75) is 39.7 Å². The van der Waals surface area contributed by atoms with Crippen molar-refractivity contribution in [1.29, 1.82) is 0 Å². The molecule has 0 fully saturated rings. The Balaban J connectivity index is 3.87. The Hall–Kier alpha value is -1.58. The van der Waals surface area contributed by atoms with Crippen LogP contribution < -0.4 is 0 Å². The molecule has 0 aliphatic rings. The Labute approximate surface area is 95.6 Å². The predicted octanol–water partition coefficient (Wildman–Crippen LogP) is 2.31. The molecule has 0 amide bonds. The van der Waals surface area contributed by atoms with Crippen molar-refractivity contribution in [1.82, 2.24) is 0 Å². The van der Waals surface area contributed by atoms with E-state index in [9.17, 15) is 9.59 Å². The fourth-order valence-corrected chi connectivity index (χ4v) is 1.04. The molecule has 0 saturated heterocycles. The predicted molar refractivity (Wildman–Crippen MR) is 61.0 cm³/mol. The van der Waals surface area contributed by atoms with Crippen LogP contribution in [0.3, 0.4) is 0 Å². The molecule has 4 heteroatoms. The molecule has 0 aromatic carbocycles. The highest BCUT2D eigenvalue weighted by molar-refractivity contribution is 5.90. The molecule has 1 N–H and O–H groups in total. The van der Waals surface area contributed by atoms with Crippen LogP contribution in [0, 0.1) is 0 Å². The maximum Gasteiger partial charge on any atom is 0.331 e. The first-order valence-electron chi connectivity index (χ1n) is 5.16. The molecule has 0 radical (unpaired) electrons. The van der Waals surface area contributed by atoms with Gasteiger partial charge in [0.2, 0.25) is 0 Å². The van der Waals surface area contributed by atoms with Gasteiger partial charge in [0.25, 0.3) is 0 Å². The zero-order valence-electron chi connectivity index (χ0n) is 9.90. The van der Waals surface area contributed by atoms with E-state index in [1.54, 1.807) is 6.92 Å². The van der Waals surface area contributed by atoms with E-state index in [1.165, 1.54) is 5.57 Å². The average Bonchev–Trinajstić information content (AvgIpc) is 2.14. The highest BCUT2D eigenvalue weighted by atomic mass is 16.5. The van der Waals surface area contributed by atoms with E-state index in [4.69, 9.17) is 9.84 Å². The molecule has 0 rings (SSSR count). The maximum atomic E-state index is 11.1. The standard InChI is InChI=1S/C12H18O4/c1-9(2)5-4-6-10(3)16-12(15)8-7-11(13)14/h5,7-8,10H,4,6H2,1-3H3,(H,13,14). The van der Waals surface area contributed by atoms with Gasteiger partial charge in [-0.05, 0) is 33.6 Å². The summed E-state index contributed by atoms with van der Waals surface area (Å²) < 4.78 is 4.96. The van der Waals surface area contributed by atoms with Gasteiger partial charge in [0.05, 0.1) is 6.10 Å². The molecular formula is C12H18O4. The first-order chi connectivity index (χ1) is 7.41. The number of hydrogen-bond donors (Lipinski definition) is 1. The van der Waals surface area contributed by atoms with Crippen LogP contribution in [0.25, 0.3) is 0 Å². The fourth-order valence-electron chi connectivity index (χ4n) is 1.04. The molecule has 0 aliphatic carbocycles. The number of carbonyl (C=O) groups excluding carboxylic acids is 1. The van der Waals surface area contributed by atoms with Gasteiger partial charge < -0.3 is 9.84 Å². The number of carboxylic acids is 1. The first kappa shape index (κ1) is 14.4. The van der Waals surface area contributed by atoms with Gasteiger partial charge in [-0.2, -0.15) is 0 Å². The third-order valence-electron chi connectivity index (χ3n) is 1.81. The lowest BCUT2D eigenvalue weighted by atomic mass is 10.2. The van der Waals surface area contributed by atoms with Gasteiger partial charge in [-0.25, -0.2) is 9.59 Å². The molecule has 90 valence electrons. The van der Waals surface area contributed by atoms with Crippen molar-refractivity contribution in [2.75, 3.05) is 0 Å². The summed E-state index contributed by atoms with van der Waals surface area (Å²) in [7, 11) is 0. The van der Waals surface area contributed by atoms with Crippen LogP contribution >= 0.6 is 0 Å². The second-order valence-corrected chi connectivity index (χ2v) is 3.78. The minimum Gasteiger partial charge on any atom is -0.478 e. The van der Waals surface area contributed by atoms with E-state index in [-0.39, 0.29) is 6.10 Å². The number of carboxylic acid groups (broad SMARTS) is 1. The van der Waals surface area contributed by atoms with Crippen LogP contribution in [-0.2, 0) is 14.3 Å². The van der Waals surface area contributed by atoms with Crippen molar-refractivity contribution < 1.29 is 19.4 Å². The number of allylic oxidation sites excluding steroid dienone is 2. The van der Waals surface area contributed by atoms with E-state index >= 15 is 0 Å². The Bertz CT molecular complexity index is 298. The SMILES string of the molecule is CC(C)=CCCC(C)OC(=O)C=CC(=O)O. The molecule has 0 aromatic rings. The van der Waals surface area contributed by atoms with Gasteiger partial charge in [-0.15, -0.1) is 0 Å². The monoisotopic (exact) mass is 226 g/mol. The molecule has 4 nitrogen and oxygen atoms in total. The highest BCUT2D eigenvalue weighted by Gasteiger charge is 2.05. The van der Waals surface area contributed by atoms with E-state index in [1.807, 2.05) is 13.8 Å². The summed E-state index contributed by atoms with van der Waals surface area (Å²) >= 11 is 0. The number of esters is 1. The fraction of sp³-hybridized carbons (Fsp3) is 0.500. The van der Waals surface area contributed by atoms with Gasteiger partial charge in [0, 0.05) is 12.2 Å². The number of carbonyl (C=O) groups is 2. The van der Waals surface area contributed by atoms with Crippen molar-refractivity contribution in [3.05, 3.63) is 23.8 Å². The lowest BCUT2D eigenvalue weighted by molar-refractivity contribution is -0.143. The molecule has 1 unspecified atom stereocenters. The van der Waals surface area contributed by atoms with Crippen molar-refractivity contribution in [3.8, 4) is 0 Å². The Morgan fingerprint density at radius 3 is 2.44 bits per heavy atom. The zero-order chi connectivity index (χ0) is 12.6. The highest BCUT2D eigenvalue weighted by Crippen LogP contribution is 2.05. The van der Waals surface area contributed by atoms with Crippen LogP contribution in [0.5, 0.6) is 0 Å². The Morgan fingerprint density at radius 1 is 1.31 bits per heavy atom. The number of rotatable bonds is 6. The minimum absolute atomic E-state index is 0.207. The average molecular weight is 226 g/mol. The van der Waals surface area contributed by atoms with Gasteiger partial charge in [-0.3, -0.25) is 0 Å². The third-order valence-corrected chi connectivity index (χ3v) is 1.81. The van der Waals surface area contributed by atoms with Crippen LogP contribution in [0.15, 0.2) is 23.8 Å². The molecule has 0 bridgehead atoms. The summed E-state index contributed by atoms with van der Waals surface area (Å²) in [5, 5.41) is 8.30. The number of ether oxygens (including phenoxy) is 1. The van der Waals surface area contributed by atoms with E-state index in [0.717, 1.165) is 25.0 Å². The topological polar surface area (TPSA) is 63.6 Å². The Kier molecular flexibility index (Phi) is 6.92. The molecular weight excluding hydrogens is 208 g/mol. The van der Waals surface area contributed by atoms with Crippen LogP contribution in [0.1, 0.15) is 33.6 Å². The first-order valence-corrected chi connectivity index (χ1v) is 5.16. The summed E-state index contributed by atoms with van der Waals surface area (Å²) in [6, 6.07) is 0. The molecule has 0 spiro atoms. The summed E-state index contributed by atoms with van der Waals surface area (Å²) in [6.45, 7) is 5.80. The lowest BCUT2D eigenvalue weighted by Gasteiger charge is -2.10. The van der Waals surface area contributed by atoms with E-state index in [2.05, 4.69) is 6.08 Å². The normalized spacial score (nSPS) is 12.2. The van der Waals surface area contributed by atoms with E-state index < -0.39 is 11.9 Å². The third kappa shape index (κ3) is 8.99. The van der Waals surface area contributed by atoms with Crippen molar-refractivity contribution in [3.63, 3.8) is 0 Å². The summed E-state index contributed by atoms with van der Waals surface area (Å²) in [5.41, 5.74) is 1.23. The molecule has 16 heavy (non-hydrogen) atoms. The van der Waals surface area contributed by atoms with Gasteiger partial charge in [0.1, 0.15) is 0 Å². The molecule has 0 aliphatic heterocycles. The smallest absolute Gasteiger partial charge is 0.331 e.